The number of para-hydroxylation sites is 1. The van der Waals surface area contributed by atoms with Crippen LogP contribution in [-0.2, 0) is 0 Å². The van der Waals surface area contributed by atoms with Crippen molar-refractivity contribution in [2.75, 3.05) is 0 Å². The molecule has 0 N–H and O–H groups in total. The Balaban J connectivity index is 1.65. The molecule has 4 rings (SSSR count). The number of hydrogen-bond acceptors (Lipinski definition) is 3. The summed E-state index contributed by atoms with van der Waals surface area (Å²) < 4.78 is 3.34. The lowest BCUT2D eigenvalue weighted by atomic mass is 9.96. The number of aromatic nitrogens is 3. The highest BCUT2D eigenvalue weighted by molar-refractivity contribution is 5.95. The van der Waals surface area contributed by atoms with Crippen LogP contribution in [-0.4, -0.2) is 26.3 Å². The fourth-order valence-corrected chi connectivity index (χ4v) is 3.40. The summed E-state index contributed by atoms with van der Waals surface area (Å²) in [6, 6.07) is 15.8. The number of nitrogens with zero attached hydrogens (tertiary/aromatic N) is 4. The molecule has 1 aliphatic rings. The fraction of sp³-hybridized carbons (Fsp3) is 0.286. The summed E-state index contributed by atoms with van der Waals surface area (Å²) in [7, 11) is 0. The Morgan fingerprint density at radius 2 is 1.77 bits per heavy atom. The Morgan fingerprint density at radius 3 is 2.58 bits per heavy atom. The molecule has 0 atom stereocenters. The number of carbonyl (C=O) groups is 1. The first-order chi connectivity index (χ1) is 12.8. The van der Waals surface area contributed by atoms with Gasteiger partial charge in [-0.25, -0.2) is 4.68 Å². The Hall–Kier alpha value is -2.95. The van der Waals surface area contributed by atoms with Crippen molar-refractivity contribution >= 4 is 5.91 Å². The second kappa shape index (κ2) is 7.52. The molecule has 0 aliphatic heterocycles. The smallest absolute Gasteiger partial charge is 0.266 e. The number of rotatable bonds is 3. The highest BCUT2D eigenvalue weighted by Crippen LogP contribution is 2.19. The van der Waals surface area contributed by atoms with E-state index in [1.165, 1.54) is 19.3 Å². The molecule has 26 heavy (non-hydrogen) atoms. The molecule has 1 aromatic carbocycles. The normalized spacial score (nSPS) is 15.9. The highest BCUT2D eigenvalue weighted by atomic mass is 16.2. The second-order valence-electron chi connectivity index (χ2n) is 6.66. The largest absolute Gasteiger partial charge is 0.268 e. The van der Waals surface area contributed by atoms with E-state index in [2.05, 4.69) is 5.10 Å². The van der Waals surface area contributed by atoms with Gasteiger partial charge in [-0.2, -0.15) is 5.10 Å². The van der Waals surface area contributed by atoms with Gasteiger partial charge in [0.15, 0.2) is 0 Å². The first-order valence-electron chi connectivity index (χ1n) is 9.17. The molecule has 0 saturated heterocycles. The van der Waals surface area contributed by atoms with Gasteiger partial charge in [-0.3, -0.25) is 14.4 Å². The van der Waals surface area contributed by atoms with Crippen molar-refractivity contribution in [1.82, 2.24) is 14.3 Å². The van der Waals surface area contributed by atoms with Gasteiger partial charge in [0.2, 0.25) is 0 Å². The lowest BCUT2D eigenvalue weighted by molar-refractivity contribution is 0.0954. The molecule has 0 spiro atoms. The third-order valence-electron chi connectivity index (χ3n) is 4.80. The topological polar surface area (TPSA) is 52.2 Å². The maximum atomic E-state index is 13.0. The zero-order valence-electron chi connectivity index (χ0n) is 14.7. The van der Waals surface area contributed by atoms with E-state index in [9.17, 15) is 4.79 Å². The van der Waals surface area contributed by atoms with Crippen LogP contribution in [0.25, 0.3) is 5.69 Å². The monoisotopic (exact) mass is 346 g/mol. The number of pyridine rings is 1. The first kappa shape index (κ1) is 16.5. The van der Waals surface area contributed by atoms with Crippen molar-refractivity contribution in [2.24, 2.45) is 4.99 Å². The van der Waals surface area contributed by atoms with Gasteiger partial charge in [0, 0.05) is 12.4 Å². The van der Waals surface area contributed by atoms with E-state index >= 15 is 0 Å². The molecule has 0 amide bonds. The molecule has 1 aliphatic carbocycles. The van der Waals surface area contributed by atoms with Crippen molar-refractivity contribution in [3.63, 3.8) is 0 Å². The minimum Gasteiger partial charge on any atom is -0.268 e. The van der Waals surface area contributed by atoms with Gasteiger partial charge in [-0.05, 0) is 37.1 Å². The molecule has 5 nitrogen and oxygen atoms in total. The number of benzene rings is 1. The summed E-state index contributed by atoms with van der Waals surface area (Å²) in [4.78, 5) is 17.8. The predicted molar refractivity (Wildman–Crippen MR) is 100 cm³/mol. The summed E-state index contributed by atoms with van der Waals surface area (Å²) >= 11 is 0. The van der Waals surface area contributed by atoms with Crippen LogP contribution in [0.1, 0.15) is 42.5 Å². The molecule has 2 aromatic heterocycles. The van der Waals surface area contributed by atoms with Crippen LogP contribution in [0, 0.1) is 0 Å². The lowest BCUT2D eigenvalue weighted by Crippen LogP contribution is -2.29. The molecule has 132 valence electrons. The first-order valence-corrected chi connectivity index (χ1v) is 9.17. The average molecular weight is 346 g/mol. The maximum absolute atomic E-state index is 13.0. The minimum atomic E-state index is -0.109. The van der Waals surface area contributed by atoms with Crippen molar-refractivity contribution < 1.29 is 4.79 Å². The Morgan fingerprint density at radius 1 is 1.00 bits per heavy atom. The standard InChI is InChI=1S/C21H22N4O/c26-21(17-15-22-25(16-17)19-11-5-2-6-12-19)24-14-8-7-13-20(24)23-18-9-3-1-4-10-18/h2,5-8,11-16,18H,1,3-4,9-10H2. The van der Waals surface area contributed by atoms with Gasteiger partial charge >= 0.3 is 0 Å². The van der Waals surface area contributed by atoms with E-state index in [0.717, 1.165) is 24.0 Å². The second-order valence-corrected chi connectivity index (χ2v) is 6.66. The van der Waals surface area contributed by atoms with Gasteiger partial charge in [0.05, 0.1) is 23.5 Å². The SMILES string of the molecule is O=C(c1cnn(-c2ccccc2)c1)n1ccccc1=NC1CCCCC1. The molecular formula is C21H22N4O. The fourth-order valence-electron chi connectivity index (χ4n) is 3.40. The summed E-state index contributed by atoms with van der Waals surface area (Å²) in [5.41, 5.74) is 2.19. The third-order valence-corrected chi connectivity index (χ3v) is 4.80. The molecule has 0 unspecified atom stereocenters. The van der Waals surface area contributed by atoms with E-state index in [1.807, 2.05) is 48.5 Å². The van der Waals surface area contributed by atoms with Crippen LogP contribution in [0.3, 0.4) is 0 Å². The van der Waals surface area contributed by atoms with Crippen molar-refractivity contribution in [1.29, 1.82) is 0 Å². The van der Waals surface area contributed by atoms with Crippen LogP contribution >= 0.6 is 0 Å². The van der Waals surface area contributed by atoms with Crippen molar-refractivity contribution in [2.45, 2.75) is 38.1 Å². The molecule has 0 radical (unpaired) electrons. The average Bonchev–Trinajstić information content (AvgIpc) is 3.20. The van der Waals surface area contributed by atoms with Gasteiger partial charge in [0.1, 0.15) is 5.49 Å². The summed E-state index contributed by atoms with van der Waals surface area (Å²) in [6.07, 6.45) is 11.1. The Bertz CT molecular complexity index is 949. The van der Waals surface area contributed by atoms with Gasteiger partial charge in [-0.1, -0.05) is 43.5 Å². The molecule has 0 bridgehead atoms. The maximum Gasteiger partial charge on any atom is 0.266 e. The highest BCUT2D eigenvalue weighted by Gasteiger charge is 2.15. The van der Waals surface area contributed by atoms with Crippen molar-refractivity contribution in [3.8, 4) is 5.69 Å². The zero-order valence-corrected chi connectivity index (χ0v) is 14.7. The van der Waals surface area contributed by atoms with Gasteiger partial charge < -0.3 is 0 Å². The van der Waals surface area contributed by atoms with Crippen LogP contribution in [0.2, 0.25) is 0 Å². The van der Waals surface area contributed by atoms with Gasteiger partial charge in [0.25, 0.3) is 5.91 Å². The van der Waals surface area contributed by atoms with Crippen LogP contribution in [0.5, 0.6) is 0 Å². The predicted octanol–water partition coefficient (Wildman–Crippen LogP) is 3.60. The molecule has 1 fully saturated rings. The number of hydrogen-bond donors (Lipinski definition) is 0. The van der Waals surface area contributed by atoms with E-state index in [4.69, 9.17) is 4.99 Å². The summed E-state index contributed by atoms with van der Waals surface area (Å²) in [5.74, 6) is -0.109. The van der Waals surface area contributed by atoms with E-state index in [0.29, 0.717) is 11.6 Å². The van der Waals surface area contributed by atoms with E-state index in [1.54, 1.807) is 27.8 Å². The molecule has 3 aromatic rings. The Labute approximate surface area is 152 Å². The van der Waals surface area contributed by atoms with E-state index in [-0.39, 0.29) is 5.91 Å². The molecule has 5 heteroatoms. The van der Waals surface area contributed by atoms with Crippen LogP contribution < -0.4 is 5.49 Å². The third kappa shape index (κ3) is 3.52. The van der Waals surface area contributed by atoms with Crippen LogP contribution in [0.15, 0.2) is 72.1 Å². The summed E-state index contributed by atoms with van der Waals surface area (Å²) in [6.45, 7) is 0. The minimum absolute atomic E-state index is 0.109. The molecular weight excluding hydrogens is 324 g/mol. The quantitative estimate of drug-likeness (QED) is 0.728. The molecule has 1 saturated carbocycles. The van der Waals surface area contributed by atoms with Gasteiger partial charge in [-0.15, -0.1) is 0 Å². The zero-order chi connectivity index (χ0) is 17.8. The molecule has 2 heterocycles. The van der Waals surface area contributed by atoms with Crippen molar-refractivity contribution in [3.05, 3.63) is 78.2 Å². The summed E-state index contributed by atoms with van der Waals surface area (Å²) in [5, 5.41) is 4.33. The van der Waals surface area contributed by atoms with Crippen LogP contribution in [0.4, 0.5) is 0 Å². The lowest BCUT2D eigenvalue weighted by Gasteiger charge is -2.17. The number of carbonyl (C=O) groups excluding carboxylic acids is 1. The van der Waals surface area contributed by atoms with E-state index < -0.39 is 0 Å². The Kier molecular flexibility index (Phi) is 4.78.